The second kappa shape index (κ2) is 11.9. The van der Waals surface area contributed by atoms with Crippen molar-refractivity contribution in [3.05, 3.63) is 34.9 Å². The van der Waals surface area contributed by atoms with E-state index in [0.29, 0.717) is 36.5 Å². The van der Waals surface area contributed by atoms with Crippen LogP contribution in [0.15, 0.2) is 17.0 Å². The van der Waals surface area contributed by atoms with Crippen molar-refractivity contribution in [1.82, 2.24) is 28.9 Å². The fourth-order valence-corrected chi connectivity index (χ4v) is 6.58. The molecule has 0 spiro atoms. The molecule has 0 saturated carbocycles. The molecule has 1 amide bonds. The maximum absolute atomic E-state index is 13.1. The summed E-state index contributed by atoms with van der Waals surface area (Å²) in [5, 5.41) is 8.71. The number of likely N-dealkylation sites (tertiary alicyclic amines) is 1. The molecule has 0 unspecified atom stereocenters. The maximum atomic E-state index is 13.1. The van der Waals surface area contributed by atoms with Crippen LogP contribution in [0.5, 0.6) is 5.75 Å². The molecule has 37 heavy (non-hydrogen) atoms. The molecule has 0 radical (unpaired) electrons. The lowest BCUT2D eigenvalue weighted by molar-refractivity contribution is -0.137. The van der Waals surface area contributed by atoms with Gasteiger partial charge in [0, 0.05) is 26.7 Å². The van der Waals surface area contributed by atoms with Gasteiger partial charge in [-0.05, 0) is 63.0 Å². The molecular weight excluding hydrogens is 496 g/mol. The van der Waals surface area contributed by atoms with Gasteiger partial charge in [-0.15, -0.1) is 10.2 Å². The highest BCUT2D eigenvalue weighted by Crippen LogP contribution is 2.27. The van der Waals surface area contributed by atoms with Crippen molar-refractivity contribution >= 4 is 15.9 Å². The number of methoxy groups -OCH3 is 1. The Balaban J connectivity index is 1.25. The second-order valence-electron chi connectivity index (χ2n) is 9.81. The molecule has 12 heteroatoms. The molecule has 3 heterocycles. The van der Waals surface area contributed by atoms with E-state index in [1.54, 1.807) is 38.0 Å². The van der Waals surface area contributed by atoms with Gasteiger partial charge in [-0.25, -0.2) is 8.42 Å². The molecule has 4 rings (SSSR count). The highest BCUT2D eigenvalue weighted by atomic mass is 32.2. The van der Waals surface area contributed by atoms with Crippen LogP contribution in [0.3, 0.4) is 0 Å². The number of carbonyl (C=O) groups excluding carboxylic acids is 1. The van der Waals surface area contributed by atoms with E-state index in [9.17, 15) is 13.2 Å². The lowest BCUT2D eigenvalue weighted by Gasteiger charge is -2.29. The summed E-state index contributed by atoms with van der Waals surface area (Å²) in [7, 11) is -0.640. The van der Waals surface area contributed by atoms with Gasteiger partial charge >= 0.3 is 0 Å². The number of nitrogens with zero attached hydrogens (tertiary/aromatic N) is 6. The van der Waals surface area contributed by atoms with Gasteiger partial charge in [-0.2, -0.15) is 4.31 Å². The molecule has 1 fully saturated rings. The van der Waals surface area contributed by atoms with Crippen LogP contribution in [0, 0.1) is 13.8 Å². The zero-order chi connectivity index (χ0) is 26.6. The average molecular weight is 535 g/mol. The summed E-state index contributed by atoms with van der Waals surface area (Å²) in [5.74, 6) is 2.24. The summed E-state index contributed by atoms with van der Waals surface area (Å²) in [6.07, 6.45) is 3.75. The Morgan fingerprint density at radius 1 is 1.05 bits per heavy atom. The zero-order valence-corrected chi connectivity index (χ0v) is 23.1. The van der Waals surface area contributed by atoms with Crippen LogP contribution in [-0.2, 0) is 39.2 Å². The zero-order valence-electron chi connectivity index (χ0n) is 22.3. The number of benzene rings is 1. The van der Waals surface area contributed by atoms with Gasteiger partial charge in [-0.1, -0.05) is 6.42 Å². The summed E-state index contributed by atoms with van der Waals surface area (Å²) in [6, 6.07) is 3.41. The minimum Gasteiger partial charge on any atom is -0.497 e. The first-order valence-corrected chi connectivity index (χ1v) is 14.2. The Morgan fingerprint density at radius 2 is 1.76 bits per heavy atom. The fraction of sp³-hybridized carbons (Fsp3) is 0.640. The normalized spacial score (nSPS) is 16.7. The molecule has 1 saturated heterocycles. The number of amides is 1. The topological polar surface area (TPSA) is 110 Å². The van der Waals surface area contributed by atoms with E-state index < -0.39 is 10.0 Å². The monoisotopic (exact) mass is 534 g/mol. The van der Waals surface area contributed by atoms with Crippen molar-refractivity contribution < 1.29 is 22.7 Å². The van der Waals surface area contributed by atoms with Gasteiger partial charge in [0.05, 0.1) is 31.7 Å². The molecule has 2 aliphatic rings. The van der Waals surface area contributed by atoms with Crippen molar-refractivity contribution in [2.24, 2.45) is 0 Å². The van der Waals surface area contributed by atoms with Gasteiger partial charge in [0.25, 0.3) is 0 Å². The molecule has 0 bridgehead atoms. The molecule has 0 aliphatic carbocycles. The largest absolute Gasteiger partial charge is 0.497 e. The van der Waals surface area contributed by atoms with Crippen LogP contribution in [-0.4, -0.2) is 96.7 Å². The number of rotatable bonds is 10. The van der Waals surface area contributed by atoms with Crippen molar-refractivity contribution in [2.75, 3.05) is 53.6 Å². The van der Waals surface area contributed by atoms with Crippen LogP contribution in [0.1, 0.15) is 42.0 Å². The lowest BCUT2D eigenvalue weighted by Crippen LogP contribution is -2.41. The van der Waals surface area contributed by atoms with E-state index in [-0.39, 0.29) is 30.6 Å². The van der Waals surface area contributed by atoms with Gasteiger partial charge in [0.1, 0.15) is 18.2 Å². The number of fused-ring (bicyclic) bond motifs is 1. The van der Waals surface area contributed by atoms with Gasteiger partial charge in [-0.3, -0.25) is 9.69 Å². The summed E-state index contributed by atoms with van der Waals surface area (Å²) < 4.78 is 40.4. The standard InChI is InChI=1S/C25H38N6O5S/c1-19-14-21(35-4)15-20(2)25(19)37(33,34)28(3)12-13-36-18-24(32)30-10-11-31-22(26-27-23(31)17-30)16-29-8-6-5-7-9-29/h14-15H,5-13,16-18H2,1-4H3. The molecule has 204 valence electrons. The number of hydrogen-bond acceptors (Lipinski definition) is 8. The number of aromatic nitrogens is 3. The van der Waals surface area contributed by atoms with Crippen LogP contribution in [0.2, 0.25) is 0 Å². The van der Waals surface area contributed by atoms with Gasteiger partial charge in [0.2, 0.25) is 15.9 Å². The molecular formula is C25H38N6O5S. The number of piperidine rings is 1. The lowest BCUT2D eigenvalue weighted by atomic mass is 10.1. The number of hydrogen-bond donors (Lipinski definition) is 0. The Kier molecular flexibility index (Phi) is 8.83. The molecule has 0 atom stereocenters. The minimum atomic E-state index is -3.71. The van der Waals surface area contributed by atoms with Gasteiger partial charge < -0.3 is 18.9 Å². The summed E-state index contributed by atoms with van der Waals surface area (Å²) in [4.78, 5) is 17.1. The second-order valence-corrected chi connectivity index (χ2v) is 11.8. The maximum Gasteiger partial charge on any atom is 0.249 e. The average Bonchev–Trinajstić information content (AvgIpc) is 3.28. The van der Waals surface area contributed by atoms with Crippen LogP contribution >= 0.6 is 0 Å². The fourth-order valence-electron chi connectivity index (χ4n) is 5.02. The first-order chi connectivity index (χ1) is 17.7. The third-order valence-corrected chi connectivity index (χ3v) is 9.27. The molecule has 1 aromatic carbocycles. The van der Waals surface area contributed by atoms with Crippen molar-refractivity contribution in [3.63, 3.8) is 0 Å². The summed E-state index contributed by atoms with van der Waals surface area (Å²) in [5.41, 5.74) is 1.24. The van der Waals surface area contributed by atoms with Crippen LogP contribution < -0.4 is 4.74 Å². The number of ether oxygens (including phenoxy) is 2. The predicted molar refractivity (Wildman–Crippen MR) is 138 cm³/mol. The molecule has 2 aromatic rings. The van der Waals surface area contributed by atoms with Crippen molar-refractivity contribution in [3.8, 4) is 5.75 Å². The minimum absolute atomic E-state index is 0.108. The first-order valence-electron chi connectivity index (χ1n) is 12.8. The molecule has 0 N–H and O–H groups in total. The first kappa shape index (κ1) is 27.5. The quantitative estimate of drug-likeness (QED) is 0.423. The van der Waals surface area contributed by atoms with E-state index in [1.807, 2.05) is 0 Å². The Bertz CT molecular complexity index is 1190. The summed E-state index contributed by atoms with van der Waals surface area (Å²) in [6.45, 7) is 8.28. The molecule has 2 aliphatic heterocycles. The highest BCUT2D eigenvalue weighted by molar-refractivity contribution is 7.89. The van der Waals surface area contributed by atoms with Crippen molar-refractivity contribution in [1.29, 1.82) is 0 Å². The van der Waals surface area contributed by atoms with E-state index in [0.717, 1.165) is 31.3 Å². The Morgan fingerprint density at radius 3 is 2.43 bits per heavy atom. The molecule has 1 aromatic heterocycles. The summed E-state index contributed by atoms with van der Waals surface area (Å²) >= 11 is 0. The molecule has 11 nitrogen and oxygen atoms in total. The Hall–Kier alpha value is -2.54. The smallest absolute Gasteiger partial charge is 0.249 e. The van der Waals surface area contributed by atoms with Crippen LogP contribution in [0.25, 0.3) is 0 Å². The van der Waals surface area contributed by atoms with E-state index in [4.69, 9.17) is 9.47 Å². The third kappa shape index (κ3) is 6.31. The van der Waals surface area contributed by atoms with E-state index in [2.05, 4.69) is 19.7 Å². The van der Waals surface area contributed by atoms with E-state index >= 15 is 0 Å². The Labute approximate surface area is 219 Å². The van der Waals surface area contributed by atoms with Gasteiger partial charge in [0.15, 0.2) is 5.82 Å². The predicted octanol–water partition coefficient (Wildman–Crippen LogP) is 1.57. The number of aryl methyl sites for hydroxylation is 2. The van der Waals surface area contributed by atoms with E-state index in [1.165, 1.54) is 30.6 Å². The third-order valence-electron chi connectivity index (χ3n) is 7.11. The van der Waals surface area contributed by atoms with Crippen molar-refractivity contribution in [2.45, 2.75) is 57.6 Å². The SMILES string of the molecule is COc1cc(C)c(S(=O)(=O)N(C)CCOCC(=O)N2CCn3c(CN4CCCCC4)nnc3C2)c(C)c1. The number of likely N-dealkylation sites (N-methyl/N-ethyl adjacent to an activating group) is 1. The highest BCUT2D eigenvalue weighted by Gasteiger charge is 2.27. The van der Waals surface area contributed by atoms with Crippen LogP contribution in [0.4, 0.5) is 0 Å². The number of sulfonamides is 1. The number of carbonyl (C=O) groups is 1.